The SMILES string of the molecule is O=C(NCc1ccc(Br)cc1Br)OCc1ccccc1. The molecule has 0 atom stereocenters. The molecule has 0 radical (unpaired) electrons. The number of ether oxygens (including phenoxy) is 1. The Morgan fingerprint density at radius 3 is 2.55 bits per heavy atom. The van der Waals surface area contributed by atoms with Gasteiger partial charge in [0.05, 0.1) is 0 Å². The van der Waals surface area contributed by atoms with Crippen LogP contribution in [0.5, 0.6) is 0 Å². The molecule has 0 saturated heterocycles. The number of carbonyl (C=O) groups is 1. The molecule has 0 aliphatic heterocycles. The minimum absolute atomic E-state index is 0.272. The minimum Gasteiger partial charge on any atom is -0.445 e. The van der Waals surface area contributed by atoms with E-state index < -0.39 is 6.09 Å². The third-order valence-corrected chi connectivity index (χ3v) is 3.88. The Morgan fingerprint density at radius 2 is 1.85 bits per heavy atom. The maximum absolute atomic E-state index is 11.6. The topological polar surface area (TPSA) is 38.3 Å². The van der Waals surface area contributed by atoms with Crippen LogP contribution in [0.15, 0.2) is 57.5 Å². The maximum atomic E-state index is 11.6. The quantitative estimate of drug-likeness (QED) is 0.814. The fourth-order valence-electron chi connectivity index (χ4n) is 1.61. The largest absolute Gasteiger partial charge is 0.445 e. The van der Waals surface area contributed by atoms with Crippen LogP contribution in [0.3, 0.4) is 0 Å². The first-order chi connectivity index (χ1) is 9.65. The number of nitrogens with one attached hydrogen (secondary N) is 1. The molecule has 0 heterocycles. The highest BCUT2D eigenvalue weighted by atomic mass is 79.9. The lowest BCUT2D eigenvalue weighted by Gasteiger charge is -2.08. The summed E-state index contributed by atoms with van der Waals surface area (Å²) in [6.45, 7) is 0.690. The Hall–Kier alpha value is -1.33. The minimum atomic E-state index is -0.427. The highest BCUT2D eigenvalue weighted by Gasteiger charge is 2.05. The van der Waals surface area contributed by atoms with Crippen molar-refractivity contribution in [2.45, 2.75) is 13.2 Å². The summed E-state index contributed by atoms with van der Waals surface area (Å²) < 4.78 is 7.06. The molecule has 0 saturated carbocycles. The fourth-order valence-corrected chi connectivity index (χ4v) is 2.79. The van der Waals surface area contributed by atoms with Gasteiger partial charge in [-0.15, -0.1) is 0 Å². The van der Waals surface area contributed by atoms with E-state index in [0.717, 1.165) is 20.1 Å². The smallest absolute Gasteiger partial charge is 0.407 e. The van der Waals surface area contributed by atoms with Crippen molar-refractivity contribution in [3.63, 3.8) is 0 Å². The Labute approximate surface area is 134 Å². The van der Waals surface area contributed by atoms with E-state index in [9.17, 15) is 4.79 Å². The molecular weight excluding hydrogens is 386 g/mol. The number of halogens is 2. The van der Waals surface area contributed by atoms with Crippen molar-refractivity contribution in [2.75, 3.05) is 0 Å². The van der Waals surface area contributed by atoms with Crippen molar-refractivity contribution in [3.8, 4) is 0 Å². The molecule has 2 aromatic carbocycles. The first-order valence-electron chi connectivity index (χ1n) is 6.03. The van der Waals surface area contributed by atoms with Gasteiger partial charge in [-0.2, -0.15) is 0 Å². The van der Waals surface area contributed by atoms with Gasteiger partial charge in [-0.1, -0.05) is 68.3 Å². The van der Waals surface area contributed by atoms with E-state index in [4.69, 9.17) is 4.74 Å². The third kappa shape index (κ3) is 4.65. The molecule has 2 aromatic rings. The zero-order valence-electron chi connectivity index (χ0n) is 10.6. The van der Waals surface area contributed by atoms with Crippen LogP contribution < -0.4 is 5.32 Å². The van der Waals surface area contributed by atoms with E-state index in [2.05, 4.69) is 37.2 Å². The molecule has 0 bridgehead atoms. The van der Waals surface area contributed by atoms with Gasteiger partial charge in [0.15, 0.2) is 0 Å². The van der Waals surface area contributed by atoms with Gasteiger partial charge in [0.25, 0.3) is 0 Å². The molecule has 0 aliphatic rings. The second kappa shape index (κ2) is 7.45. The summed E-state index contributed by atoms with van der Waals surface area (Å²) in [4.78, 5) is 11.6. The molecule has 3 nitrogen and oxygen atoms in total. The highest BCUT2D eigenvalue weighted by Crippen LogP contribution is 2.21. The van der Waals surface area contributed by atoms with Gasteiger partial charge in [-0.3, -0.25) is 0 Å². The van der Waals surface area contributed by atoms with Crippen LogP contribution in [0, 0.1) is 0 Å². The number of hydrogen-bond donors (Lipinski definition) is 1. The van der Waals surface area contributed by atoms with Crippen LogP contribution in [-0.2, 0) is 17.9 Å². The van der Waals surface area contributed by atoms with Crippen molar-refractivity contribution >= 4 is 38.0 Å². The van der Waals surface area contributed by atoms with Gasteiger partial charge >= 0.3 is 6.09 Å². The average Bonchev–Trinajstić information content (AvgIpc) is 2.45. The Bertz CT molecular complexity index is 588. The lowest BCUT2D eigenvalue weighted by molar-refractivity contribution is 0.139. The van der Waals surface area contributed by atoms with E-state index in [1.807, 2.05) is 48.5 Å². The normalized spacial score (nSPS) is 10.1. The van der Waals surface area contributed by atoms with Crippen molar-refractivity contribution in [1.29, 1.82) is 0 Å². The number of hydrogen-bond acceptors (Lipinski definition) is 2. The molecular formula is C15H13Br2NO2. The molecule has 0 aromatic heterocycles. The molecule has 0 spiro atoms. The van der Waals surface area contributed by atoms with Gasteiger partial charge in [0, 0.05) is 15.5 Å². The van der Waals surface area contributed by atoms with Gasteiger partial charge in [0.1, 0.15) is 6.61 Å². The van der Waals surface area contributed by atoms with Crippen LogP contribution in [-0.4, -0.2) is 6.09 Å². The highest BCUT2D eigenvalue weighted by molar-refractivity contribution is 9.11. The molecule has 0 unspecified atom stereocenters. The summed E-state index contributed by atoms with van der Waals surface area (Å²) in [6, 6.07) is 15.4. The first-order valence-corrected chi connectivity index (χ1v) is 7.62. The summed E-state index contributed by atoms with van der Waals surface area (Å²) in [5.41, 5.74) is 1.96. The standard InChI is InChI=1S/C15H13Br2NO2/c16-13-7-6-12(14(17)8-13)9-18-15(19)20-10-11-4-2-1-3-5-11/h1-8H,9-10H2,(H,18,19). The number of rotatable bonds is 4. The van der Waals surface area contributed by atoms with E-state index in [0.29, 0.717) is 6.54 Å². The fraction of sp³-hybridized carbons (Fsp3) is 0.133. The van der Waals surface area contributed by atoms with Gasteiger partial charge in [-0.25, -0.2) is 4.79 Å². The molecule has 20 heavy (non-hydrogen) atoms. The first kappa shape index (κ1) is 15.1. The summed E-state index contributed by atoms with van der Waals surface area (Å²) in [5, 5.41) is 2.72. The van der Waals surface area contributed by atoms with Gasteiger partial charge in [-0.05, 0) is 23.3 Å². The van der Waals surface area contributed by atoms with E-state index in [1.165, 1.54) is 0 Å². The maximum Gasteiger partial charge on any atom is 0.407 e. The number of amides is 1. The van der Waals surface area contributed by atoms with Crippen LogP contribution in [0.25, 0.3) is 0 Å². The third-order valence-electron chi connectivity index (χ3n) is 2.65. The molecule has 0 fully saturated rings. The summed E-state index contributed by atoms with van der Waals surface area (Å²) in [7, 11) is 0. The van der Waals surface area contributed by atoms with Crippen molar-refractivity contribution in [2.24, 2.45) is 0 Å². The molecule has 104 valence electrons. The molecule has 1 N–H and O–H groups in total. The summed E-state index contributed by atoms with van der Waals surface area (Å²) in [6.07, 6.45) is -0.427. The van der Waals surface area contributed by atoms with Crippen molar-refractivity contribution in [3.05, 3.63) is 68.6 Å². The Kier molecular flexibility index (Phi) is 5.61. The summed E-state index contributed by atoms with van der Waals surface area (Å²) >= 11 is 6.84. The zero-order chi connectivity index (χ0) is 14.4. The van der Waals surface area contributed by atoms with E-state index in [1.54, 1.807) is 0 Å². The summed E-state index contributed by atoms with van der Waals surface area (Å²) in [5.74, 6) is 0. The predicted octanol–water partition coefficient (Wildman–Crippen LogP) is 4.64. The second-order valence-corrected chi connectivity index (χ2v) is 5.92. The van der Waals surface area contributed by atoms with Gasteiger partial charge < -0.3 is 10.1 Å². The molecule has 5 heteroatoms. The lowest BCUT2D eigenvalue weighted by Crippen LogP contribution is -2.23. The van der Waals surface area contributed by atoms with Crippen LogP contribution >= 0.6 is 31.9 Å². The molecule has 1 amide bonds. The van der Waals surface area contributed by atoms with Crippen LogP contribution in [0.2, 0.25) is 0 Å². The lowest BCUT2D eigenvalue weighted by atomic mass is 10.2. The number of benzene rings is 2. The van der Waals surface area contributed by atoms with Crippen LogP contribution in [0.1, 0.15) is 11.1 Å². The van der Waals surface area contributed by atoms with Crippen molar-refractivity contribution in [1.82, 2.24) is 5.32 Å². The second-order valence-electron chi connectivity index (χ2n) is 4.15. The number of alkyl carbamates (subject to hydrolysis) is 1. The zero-order valence-corrected chi connectivity index (χ0v) is 13.8. The Morgan fingerprint density at radius 1 is 1.10 bits per heavy atom. The van der Waals surface area contributed by atoms with E-state index >= 15 is 0 Å². The van der Waals surface area contributed by atoms with Gasteiger partial charge in [0.2, 0.25) is 0 Å². The van der Waals surface area contributed by atoms with E-state index in [-0.39, 0.29) is 6.61 Å². The monoisotopic (exact) mass is 397 g/mol. The average molecular weight is 399 g/mol. The predicted molar refractivity (Wildman–Crippen MR) is 85.3 cm³/mol. The molecule has 2 rings (SSSR count). The van der Waals surface area contributed by atoms with Crippen LogP contribution in [0.4, 0.5) is 4.79 Å². The molecule has 0 aliphatic carbocycles. The van der Waals surface area contributed by atoms with Crippen molar-refractivity contribution < 1.29 is 9.53 Å². The Balaban J connectivity index is 1.80. The number of carbonyl (C=O) groups excluding carboxylic acids is 1.